The van der Waals surface area contributed by atoms with Gasteiger partial charge in [-0.3, -0.25) is 4.79 Å². The van der Waals surface area contributed by atoms with E-state index in [2.05, 4.69) is 24.1 Å². The average Bonchev–Trinajstić information content (AvgIpc) is 3.02. The summed E-state index contributed by atoms with van der Waals surface area (Å²) in [4.78, 5) is 16.6. The third kappa shape index (κ3) is 3.82. The van der Waals surface area contributed by atoms with Crippen LogP contribution in [0.25, 0.3) is 10.6 Å². The van der Waals surface area contributed by atoms with E-state index in [1.807, 2.05) is 24.3 Å². The second kappa shape index (κ2) is 7.22. The molecule has 0 saturated carbocycles. The lowest BCUT2D eigenvalue weighted by atomic mass is 10.2. The van der Waals surface area contributed by atoms with E-state index in [4.69, 9.17) is 4.74 Å². The predicted octanol–water partition coefficient (Wildman–Crippen LogP) is 3.74. The van der Waals surface area contributed by atoms with E-state index in [1.54, 1.807) is 12.5 Å². The summed E-state index contributed by atoms with van der Waals surface area (Å²) in [5.74, 6) is 0.710. The summed E-state index contributed by atoms with van der Waals surface area (Å²) in [5.41, 5.74) is 1.47. The lowest BCUT2D eigenvalue weighted by molar-refractivity contribution is 0.0930. The molecular formula is C16H20N2O2S. The van der Waals surface area contributed by atoms with Crippen LogP contribution >= 0.6 is 11.3 Å². The second-order valence-corrected chi connectivity index (χ2v) is 5.61. The highest BCUT2D eigenvalue weighted by Gasteiger charge is 2.14. The fourth-order valence-electron chi connectivity index (χ4n) is 2.00. The zero-order valence-corrected chi connectivity index (χ0v) is 13.4. The van der Waals surface area contributed by atoms with Crippen LogP contribution in [0.3, 0.4) is 0 Å². The number of methoxy groups -OCH3 is 1. The average molecular weight is 304 g/mol. The number of aromatic nitrogens is 1. The normalized spacial score (nSPS) is 10.7. The van der Waals surface area contributed by atoms with Gasteiger partial charge in [0.25, 0.3) is 5.91 Å². The molecule has 21 heavy (non-hydrogen) atoms. The number of ether oxygens (including phenoxy) is 1. The van der Waals surface area contributed by atoms with Crippen molar-refractivity contribution in [2.75, 3.05) is 7.11 Å². The zero-order valence-electron chi connectivity index (χ0n) is 12.6. The molecule has 1 aromatic carbocycles. The van der Waals surface area contributed by atoms with Gasteiger partial charge in [0.1, 0.15) is 16.5 Å². The van der Waals surface area contributed by atoms with Crippen LogP contribution in [0.5, 0.6) is 5.75 Å². The van der Waals surface area contributed by atoms with Gasteiger partial charge in [0.2, 0.25) is 0 Å². The summed E-state index contributed by atoms with van der Waals surface area (Å²) in [5, 5.41) is 5.64. The van der Waals surface area contributed by atoms with Gasteiger partial charge in [-0.25, -0.2) is 4.98 Å². The van der Waals surface area contributed by atoms with Crippen LogP contribution in [0, 0.1) is 0 Å². The van der Waals surface area contributed by atoms with Gasteiger partial charge < -0.3 is 10.1 Å². The van der Waals surface area contributed by atoms with Crippen LogP contribution < -0.4 is 10.1 Å². The molecular weight excluding hydrogens is 284 g/mol. The fourth-order valence-corrected chi connectivity index (χ4v) is 2.80. The molecule has 1 aromatic heterocycles. The molecule has 0 aliphatic carbocycles. The third-order valence-corrected chi connectivity index (χ3v) is 4.29. The Balaban J connectivity index is 2.11. The van der Waals surface area contributed by atoms with Crippen LogP contribution in [-0.4, -0.2) is 24.0 Å². The highest BCUT2D eigenvalue weighted by atomic mass is 32.1. The molecule has 2 rings (SSSR count). The highest BCUT2D eigenvalue weighted by molar-refractivity contribution is 7.13. The van der Waals surface area contributed by atoms with Crippen molar-refractivity contribution in [3.63, 3.8) is 0 Å². The van der Waals surface area contributed by atoms with E-state index >= 15 is 0 Å². The number of benzene rings is 1. The Morgan fingerprint density at radius 1 is 1.29 bits per heavy atom. The summed E-state index contributed by atoms with van der Waals surface area (Å²) in [6.07, 6.45) is 1.86. The molecule has 0 saturated heterocycles. The summed E-state index contributed by atoms with van der Waals surface area (Å²) >= 11 is 1.47. The summed E-state index contributed by atoms with van der Waals surface area (Å²) in [7, 11) is 1.64. The first-order chi connectivity index (χ1) is 10.2. The molecule has 0 fully saturated rings. The summed E-state index contributed by atoms with van der Waals surface area (Å²) in [6, 6.07) is 7.88. The zero-order chi connectivity index (χ0) is 15.2. The van der Waals surface area contributed by atoms with Gasteiger partial charge >= 0.3 is 0 Å². The Morgan fingerprint density at radius 2 is 1.95 bits per heavy atom. The Kier molecular flexibility index (Phi) is 5.33. The maximum Gasteiger partial charge on any atom is 0.270 e. The molecule has 0 bridgehead atoms. The molecule has 0 aliphatic heterocycles. The lowest BCUT2D eigenvalue weighted by Crippen LogP contribution is -2.33. The number of carbonyl (C=O) groups is 1. The van der Waals surface area contributed by atoms with Crippen LogP contribution in [0.15, 0.2) is 29.6 Å². The molecule has 0 radical (unpaired) electrons. The first-order valence-electron chi connectivity index (χ1n) is 7.08. The molecule has 1 N–H and O–H groups in total. The van der Waals surface area contributed by atoms with Crippen molar-refractivity contribution in [1.82, 2.24) is 10.3 Å². The van der Waals surface area contributed by atoms with Gasteiger partial charge in [0.15, 0.2) is 0 Å². The van der Waals surface area contributed by atoms with E-state index in [0.29, 0.717) is 5.69 Å². The minimum atomic E-state index is -0.0975. The smallest absolute Gasteiger partial charge is 0.270 e. The molecule has 1 heterocycles. The molecule has 5 heteroatoms. The number of rotatable bonds is 6. The molecule has 0 spiro atoms. The number of hydrogen-bond donors (Lipinski definition) is 1. The van der Waals surface area contributed by atoms with Crippen molar-refractivity contribution in [1.29, 1.82) is 0 Å². The summed E-state index contributed by atoms with van der Waals surface area (Å²) in [6.45, 7) is 4.14. The van der Waals surface area contributed by atoms with Crippen molar-refractivity contribution < 1.29 is 9.53 Å². The Hall–Kier alpha value is -1.88. The van der Waals surface area contributed by atoms with Crippen molar-refractivity contribution in [2.45, 2.75) is 32.7 Å². The van der Waals surface area contributed by atoms with Gasteiger partial charge in [-0.2, -0.15) is 0 Å². The quantitative estimate of drug-likeness (QED) is 0.884. The molecule has 0 aliphatic rings. The molecule has 112 valence electrons. The van der Waals surface area contributed by atoms with E-state index in [9.17, 15) is 4.79 Å². The van der Waals surface area contributed by atoms with Gasteiger partial charge in [0.05, 0.1) is 7.11 Å². The SMILES string of the molecule is CCC(CC)NC(=O)c1csc(-c2ccc(OC)cc2)n1. The van der Waals surface area contributed by atoms with Crippen molar-refractivity contribution >= 4 is 17.2 Å². The molecule has 4 nitrogen and oxygen atoms in total. The standard InChI is InChI=1S/C16H20N2O2S/c1-4-12(5-2)17-15(19)14-10-21-16(18-14)11-6-8-13(20-3)9-7-11/h6-10,12H,4-5H2,1-3H3,(H,17,19). The number of hydrogen-bond acceptors (Lipinski definition) is 4. The maximum absolute atomic E-state index is 12.1. The van der Waals surface area contributed by atoms with E-state index in [1.165, 1.54) is 11.3 Å². The molecule has 1 amide bonds. The molecule has 0 unspecified atom stereocenters. The number of thiazole rings is 1. The van der Waals surface area contributed by atoms with Crippen molar-refractivity contribution in [3.8, 4) is 16.3 Å². The van der Waals surface area contributed by atoms with Crippen molar-refractivity contribution in [3.05, 3.63) is 35.3 Å². The molecule has 0 atom stereocenters. The van der Waals surface area contributed by atoms with Crippen LogP contribution in [0.2, 0.25) is 0 Å². The maximum atomic E-state index is 12.1. The Labute approximate surface area is 129 Å². The summed E-state index contributed by atoms with van der Waals surface area (Å²) < 4.78 is 5.14. The third-order valence-electron chi connectivity index (χ3n) is 3.39. The minimum Gasteiger partial charge on any atom is -0.497 e. The van der Waals surface area contributed by atoms with Gasteiger partial charge in [-0.15, -0.1) is 11.3 Å². The monoisotopic (exact) mass is 304 g/mol. The van der Waals surface area contributed by atoms with Crippen molar-refractivity contribution in [2.24, 2.45) is 0 Å². The first kappa shape index (κ1) is 15.5. The van der Waals surface area contributed by atoms with Crippen LogP contribution in [-0.2, 0) is 0 Å². The number of carbonyl (C=O) groups excluding carboxylic acids is 1. The van der Waals surface area contributed by atoms with Gasteiger partial charge in [0, 0.05) is 17.0 Å². The number of amides is 1. The topological polar surface area (TPSA) is 51.2 Å². The Morgan fingerprint density at radius 3 is 2.52 bits per heavy atom. The fraction of sp³-hybridized carbons (Fsp3) is 0.375. The minimum absolute atomic E-state index is 0.0975. The second-order valence-electron chi connectivity index (χ2n) is 4.75. The number of nitrogens with zero attached hydrogens (tertiary/aromatic N) is 1. The largest absolute Gasteiger partial charge is 0.497 e. The number of nitrogens with one attached hydrogen (secondary N) is 1. The predicted molar refractivity (Wildman–Crippen MR) is 85.9 cm³/mol. The first-order valence-corrected chi connectivity index (χ1v) is 7.96. The van der Waals surface area contributed by atoms with E-state index in [0.717, 1.165) is 29.2 Å². The lowest BCUT2D eigenvalue weighted by Gasteiger charge is -2.13. The van der Waals surface area contributed by atoms with Crippen LogP contribution in [0.1, 0.15) is 37.2 Å². The highest BCUT2D eigenvalue weighted by Crippen LogP contribution is 2.25. The van der Waals surface area contributed by atoms with Gasteiger partial charge in [-0.05, 0) is 37.1 Å². The Bertz CT molecular complexity index is 589. The van der Waals surface area contributed by atoms with Gasteiger partial charge in [-0.1, -0.05) is 13.8 Å². The molecule has 2 aromatic rings. The van der Waals surface area contributed by atoms with E-state index in [-0.39, 0.29) is 11.9 Å². The van der Waals surface area contributed by atoms with Crippen LogP contribution in [0.4, 0.5) is 0 Å². The van der Waals surface area contributed by atoms with E-state index < -0.39 is 0 Å².